The van der Waals surface area contributed by atoms with E-state index in [1.54, 1.807) is 7.05 Å². The molecular weight excluding hydrogens is 230 g/mol. The lowest BCUT2D eigenvalue weighted by Gasteiger charge is -2.22. The molecule has 18 heavy (non-hydrogen) atoms. The molecule has 4 nitrogen and oxygen atoms in total. The number of hydrogen-bond donors (Lipinski definition) is 1. The van der Waals surface area contributed by atoms with Gasteiger partial charge in [0.05, 0.1) is 5.41 Å². The topological polar surface area (TPSA) is 57.6 Å². The molecule has 0 unspecified atom stereocenters. The van der Waals surface area contributed by atoms with Crippen molar-refractivity contribution in [2.24, 2.45) is 5.41 Å². The first-order valence-corrected chi connectivity index (χ1v) is 6.05. The number of carboxylic acid groups (broad SMARTS) is 1. The van der Waals surface area contributed by atoms with Gasteiger partial charge in [-0.3, -0.25) is 9.59 Å². The summed E-state index contributed by atoms with van der Waals surface area (Å²) in [6.45, 7) is -0.227. The second kappa shape index (κ2) is 4.80. The summed E-state index contributed by atoms with van der Waals surface area (Å²) in [5.41, 5.74) is 0.776. The van der Waals surface area contributed by atoms with E-state index in [1.165, 1.54) is 4.90 Å². The minimum atomic E-state index is -0.971. The van der Waals surface area contributed by atoms with Crippen molar-refractivity contribution in [1.82, 2.24) is 4.90 Å². The molecule has 1 aliphatic carbocycles. The minimum absolute atomic E-state index is 0.0475. The van der Waals surface area contributed by atoms with Gasteiger partial charge in [0.2, 0.25) is 5.91 Å². The molecule has 0 aliphatic heterocycles. The first kappa shape index (κ1) is 12.6. The maximum atomic E-state index is 12.2. The summed E-state index contributed by atoms with van der Waals surface area (Å²) >= 11 is 0. The molecule has 0 saturated heterocycles. The molecule has 1 aromatic rings. The molecule has 0 radical (unpaired) electrons. The lowest BCUT2D eigenvalue weighted by atomic mass is 9.95. The van der Waals surface area contributed by atoms with Crippen molar-refractivity contribution >= 4 is 11.9 Å². The fourth-order valence-electron chi connectivity index (χ4n) is 2.28. The predicted octanol–water partition coefficient (Wildman–Crippen LogP) is 1.55. The number of benzene rings is 1. The van der Waals surface area contributed by atoms with Gasteiger partial charge < -0.3 is 10.0 Å². The molecule has 1 N–H and O–H groups in total. The number of aliphatic carboxylic acids is 1. The molecule has 96 valence electrons. The highest BCUT2D eigenvalue weighted by Gasteiger charge is 2.50. The number of carbonyl (C=O) groups is 2. The monoisotopic (exact) mass is 247 g/mol. The summed E-state index contributed by atoms with van der Waals surface area (Å²) < 4.78 is 0. The van der Waals surface area contributed by atoms with Crippen LogP contribution in [0.25, 0.3) is 0 Å². The van der Waals surface area contributed by atoms with E-state index in [1.807, 2.05) is 30.3 Å². The number of likely N-dealkylation sites (N-methyl/N-ethyl adjacent to an activating group) is 1. The molecule has 1 aromatic carbocycles. The SMILES string of the molecule is CN(CC(=O)O)C(=O)C1(Cc2ccccc2)CC1. The Bertz CT molecular complexity index is 451. The van der Waals surface area contributed by atoms with Gasteiger partial charge in [-0.05, 0) is 24.8 Å². The van der Waals surface area contributed by atoms with Crippen molar-refractivity contribution in [3.63, 3.8) is 0 Å². The van der Waals surface area contributed by atoms with E-state index < -0.39 is 5.97 Å². The summed E-state index contributed by atoms with van der Waals surface area (Å²) in [5, 5.41) is 8.71. The Morgan fingerprint density at radius 3 is 2.39 bits per heavy atom. The fraction of sp³-hybridized carbons (Fsp3) is 0.429. The van der Waals surface area contributed by atoms with E-state index >= 15 is 0 Å². The Morgan fingerprint density at radius 1 is 1.28 bits per heavy atom. The second-order valence-electron chi connectivity index (χ2n) is 5.00. The molecule has 0 spiro atoms. The molecular formula is C14H17NO3. The van der Waals surface area contributed by atoms with E-state index in [0.29, 0.717) is 6.42 Å². The molecule has 4 heteroatoms. The Labute approximate surface area is 106 Å². The highest BCUT2D eigenvalue weighted by atomic mass is 16.4. The highest BCUT2D eigenvalue weighted by molar-refractivity contribution is 5.88. The van der Waals surface area contributed by atoms with Crippen molar-refractivity contribution in [3.8, 4) is 0 Å². The Hall–Kier alpha value is -1.84. The van der Waals surface area contributed by atoms with Gasteiger partial charge in [0.15, 0.2) is 0 Å². The molecule has 0 bridgehead atoms. The van der Waals surface area contributed by atoms with Crippen molar-refractivity contribution in [2.75, 3.05) is 13.6 Å². The Balaban J connectivity index is 2.03. The molecule has 0 heterocycles. The summed E-state index contributed by atoms with van der Waals surface area (Å²) in [4.78, 5) is 24.2. The smallest absolute Gasteiger partial charge is 0.323 e. The van der Waals surface area contributed by atoms with Gasteiger partial charge >= 0.3 is 5.97 Å². The van der Waals surface area contributed by atoms with Crippen LogP contribution in [0.5, 0.6) is 0 Å². The molecule has 0 aromatic heterocycles. The van der Waals surface area contributed by atoms with Crippen molar-refractivity contribution in [1.29, 1.82) is 0 Å². The average molecular weight is 247 g/mol. The molecule has 1 aliphatic rings. The van der Waals surface area contributed by atoms with Crippen LogP contribution < -0.4 is 0 Å². The standard InChI is InChI=1S/C14H17NO3/c1-15(10-12(16)17)13(18)14(7-8-14)9-11-5-3-2-4-6-11/h2-6H,7-10H2,1H3,(H,16,17). The number of hydrogen-bond acceptors (Lipinski definition) is 2. The maximum Gasteiger partial charge on any atom is 0.323 e. The van der Waals surface area contributed by atoms with Crippen molar-refractivity contribution < 1.29 is 14.7 Å². The Kier molecular flexibility index (Phi) is 3.36. The van der Waals surface area contributed by atoms with Crippen LogP contribution in [0, 0.1) is 5.41 Å². The molecule has 1 saturated carbocycles. The Morgan fingerprint density at radius 2 is 1.89 bits per heavy atom. The lowest BCUT2D eigenvalue weighted by molar-refractivity contribution is -0.145. The zero-order chi connectivity index (χ0) is 13.2. The van der Waals surface area contributed by atoms with Crippen LogP contribution in [-0.4, -0.2) is 35.5 Å². The molecule has 2 rings (SSSR count). The highest BCUT2D eigenvalue weighted by Crippen LogP contribution is 2.49. The van der Waals surface area contributed by atoms with E-state index in [0.717, 1.165) is 18.4 Å². The van der Waals surface area contributed by atoms with Crippen LogP contribution in [0.4, 0.5) is 0 Å². The van der Waals surface area contributed by atoms with E-state index in [-0.39, 0.29) is 17.9 Å². The lowest BCUT2D eigenvalue weighted by Crippen LogP contribution is -2.38. The third-order valence-corrected chi connectivity index (χ3v) is 3.41. The van der Waals surface area contributed by atoms with Gasteiger partial charge in [0, 0.05) is 7.05 Å². The van der Waals surface area contributed by atoms with Gasteiger partial charge in [0.25, 0.3) is 0 Å². The predicted molar refractivity (Wildman–Crippen MR) is 67.1 cm³/mol. The zero-order valence-corrected chi connectivity index (χ0v) is 10.4. The van der Waals surface area contributed by atoms with E-state index in [4.69, 9.17) is 5.11 Å². The number of rotatable bonds is 5. The zero-order valence-electron chi connectivity index (χ0n) is 10.4. The van der Waals surface area contributed by atoms with Crippen LogP contribution in [0.2, 0.25) is 0 Å². The van der Waals surface area contributed by atoms with Crippen molar-refractivity contribution in [2.45, 2.75) is 19.3 Å². The van der Waals surface area contributed by atoms with Crippen LogP contribution in [-0.2, 0) is 16.0 Å². The molecule has 0 atom stereocenters. The fourth-order valence-corrected chi connectivity index (χ4v) is 2.28. The van der Waals surface area contributed by atoms with Gasteiger partial charge in [-0.2, -0.15) is 0 Å². The summed E-state index contributed by atoms with van der Waals surface area (Å²) in [5.74, 6) is -1.02. The van der Waals surface area contributed by atoms with E-state index in [2.05, 4.69) is 0 Å². The molecule has 1 fully saturated rings. The second-order valence-corrected chi connectivity index (χ2v) is 5.00. The average Bonchev–Trinajstić information content (AvgIpc) is 3.09. The summed E-state index contributed by atoms with van der Waals surface area (Å²) in [6.07, 6.45) is 2.41. The first-order chi connectivity index (χ1) is 8.53. The maximum absolute atomic E-state index is 12.2. The first-order valence-electron chi connectivity index (χ1n) is 6.05. The number of carboxylic acids is 1. The van der Waals surface area contributed by atoms with Crippen molar-refractivity contribution in [3.05, 3.63) is 35.9 Å². The quantitative estimate of drug-likeness (QED) is 0.859. The van der Waals surface area contributed by atoms with Crippen LogP contribution in [0.1, 0.15) is 18.4 Å². The largest absolute Gasteiger partial charge is 0.480 e. The van der Waals surface area contributed by atoms with Gasteiger partial charge in [-0.15, -0.1) is 0 Å². The minimum Gasteiger partial charge on any atom is -0.480 e. The number of carbonyl (C=O) groups excluding carboxylic acids is 1. The number of amides is 1. The normalized spacial score (nSPS) is 16.1. The molecule has 1 amide bonds. The van der Waals surface area contributed by atoms with Gasteiger partial charge in [0.1, 0.15) is 6.54 Å². The van der Waals surface area contributed by atoms with Crippen LogP contribution in [0.3, 0.4) is 0 Å². The van der Waals surface area contributed by atoms with E-state index in [9.17, 15) is 9.59 Å². The van der Waals surface area contributed by atoms with Crippen LogP contribution in [0.15, 0.2) is 30.3 Å². The summed E-state index contributed by atoms with van der Waals surface area (Å²) in [6, 6.07) is 9.87. The third-order valence-electron chi connectivity index (χ3n) is 3.41. The van der Waals surface area contributed by atoms with Crippen LogP contribution >= 0.6 is 0 Å². The van der Waals surface area contributed by atoms with Gasteiger partial charge in [-0.25, -0.2) is 0 Å². The third kappa shape index (κ3) is 2.70. The summed E-state index contributed by atoms with van der Waals surface area (Å²) in [7, 11) is 1.56. The van der Waals surface area contributed by atoms with Gasteiger partial charge in [-0.1, -0.05) is 30.3 Å². The number of nitrogens with zero attached hydrogens (tertiary/aromatic N) is 1.